The molecule has 0 N–H and O–H groups in total. The Morgan fingerprint density at radius 1 is 1.15 bits per heavy atom. The summed E-state index contributed by atoms with van der Waals surface area (Å²) in [4.78, 5) is 22.5. The van der Waals surface area contributed by atoms with Crippen LogP contribution in [0.15, 0.2) is 30.3 Å². The molecule has 1 aliphatic rings. The normalized spacial score (nSPS) is 14.0. The van der Waals surface area contributed by atoms with Crippen LogP contribution >= 0.6 is 46.9 Å². The van der Waals surface area contributed by atoms with E-state index >= 15 is 0 Å². The van der Waals surface area contributed by atoms with E-state index < -0.39 is 0 Å². The van der Waals surface area contributed by atoms with Crippen LogP contribution < -0.4 is 14.4 Å². The first kappa shape index (κ1) is 26.8. The number of rotatable bonds is 8. The van der Waals surface area contributed by atoms with Gasteiger partial charge in [0, 0.05) is 31.2 Å². The van der Waals surface area contributed by atoms with Gasteiger partial charge in [0.15, 0.2) is 5.13 Å². The lowest BCUT2D eigenvalue weighted by Gasteiger charge is -2.28. The molecule has 34 heavy (non-hydrogen) atoms. The fraction of sp³-hybridized carbons (Fsp3) is 0.391. The average molecular weight is 547 g/mol. The highest BCUT2D eigenvalue weighted by molar-refractivity contribution is 7.23. The standard InChI is InChI=1S/C23H25Cl2N3O4S.ClH/c1-30-18-6-4-15(24)14-16(18)22(29)28(9-3-8-27-10-12-32-13-11-27)23-26-20-19(31-2)7-5-17(25)21(20)33-23;/h4-7,14H,3,8-13H2,1-2H3;1H. The van der Waals surface area contributed by atoms with Gasteiger partial charge < -0.3 is 14.2 Å². The molecule has 1 fully saturated rings. The van der Waals surface area contributed by atoms with Crippen LogP contribution in [0.4, 0.5) is 5.13 Å². The number of benzene rings is 2. The number of fused-ring (bicyclic) bond motifs is 1. The highest BCUT2D eigenvalue weighted by atomic mass is 35.5. The number of carbonyl (C=O) groups excluding carboxylic acids is 1. The molecule has 0 saturated carbocycles. The van der Waals surface area contributed by atoms with Crippen LogP contribution in [0.1, 0.15) is 16.8 Å². The number of aromatic nitrogens is 1. The van der Waals surface area contributed by atoms with Crippen LogP contribution in [-0.2, 0) is 4.74 Å². The Balaban J connectivity index is 0.00000324. The van der Waals surface area contributed by atoms with Gasteiger partial charge in [0.2, 0.25) is 0 Å². The molecule has 1 aromatic heterocycles. The molecule has 2 heterocycles. The van der Waals surface area contributed by atoms with Gasteiger partial charge in [0.1, 0.15) is 17.0 Å². The summed E-state index contributed by atoms with van der Waals surface area (Å²) >= 11 is 14.0. The molecule has 1 amide bonds. The smallest absolute Gasteiger partial charge is 0.263 e. The molecule has 3 aromatic rings. The van der Waals surface area contributed by atoms with Gasteiger partial charge in [0.25, 0.3) is 5.91 Å². The minimum absolute atomic E-state index is 0. The van der Waals surface area contributed by atoms with Crippen molar-refractivity contribution in [2.45, 2.75) is 6.42 Å². The van der Waals surface area contributed by atoms with E-state index in [4.69, 9.17) is 42.4 Å². The van der Waals surface area contributed by atoms with Crippen molar-refractivity contribution in [2.24, 2.45) is 0 Å². The first-order chi connectivity index (χ1) is 16.0. The highest BCUT2D eigenvalue weighted by Gasteiger charge is 2.26. The lowest BCUT2D eigenvalue weighted by molar-refractivity contribution is 0.0376. The Morgan fingerprint density at radius 3 is 2.56 bits per heavy atom. The van der Waals surface area contributed by atoms with E-state index in [0.717, 1.165) is 44.0 Å². The molecule has 2 aromatic carbocycles. The zero-order valence-corrected chi connectivity index (χ0v) is 22.0. The van der Waals surface area contributed by atoms with Gasteiger partial charge in [-0.3, -0.25) is 14.6 Å². The van der Waals surface area contributed by atoms with Crippen molar-refractivity contribution in [2.75, 3.05) is 58.5 Å². The van der Waals surface area contributed by atoms with Gasteiger partial charge in [-0.15, -0.1) is 12.4 Å². The maximum absolute atomic E-state index is 13.7. The third-order valence-electron chi connectivity index (χ3n) is 5.49. The van der Waals surface area contributed by atoms with Crippen LogP contribution in [0.3, 0.4) is 0 Å². The number of thiazole rings is 1. The molecule has 0 bridgehead atoms. The van der Waals surface area contributed by atoms with Gasteiger partial charge in [-0.1, -0.05) is 34.5 Å². The van der Waals surface area contributed by atoms with Crippen molar-refractivity contribution >= 4 is 68.2 Å². The van der Waals surface area contributed by atoms with Crippen molar-refractivity contribution in [1.82, 2.24) is 9.88 Å². The predicted molar refractivity (Wildman–Crippen MR) is 140 cm³/mol. The molecule has 4 rings (SSSR count). The fourth-order valence-electron chi connectivity index (χ4n) is 3.78. The van der Waals surface area contributed by atoms with Crippen LogP contribution in [0, 0.1) is 0 Å². The average Bonchev–Trinajstić information content (AvgIpc) is 3.28. The lowest BCUT2D eigenvalue weighted by Crippen LogP contribution is -2.39. The molecule has 0 radical (unpaired) electrons. The second-order valence-corrected chi connectivity index (χ2v) is 9.35. The molecule has 0 spiro atoms. The third kappa shape index (κ3) is 5.87. The van der Waals surface area contributed by atoms with Gasteiger partial charge >= 0.3 is 0 Å². The zero-order valence-electron chi connectivity index (χ0n) is 18.9. The summed E-state index contributed by atoms with van der Waals surface area (Å²) in [6.45, 7) is 4.59. The second kappa shape index (κ2) is 12.2. The lowest BCUT2D eigenvalue weighted by atomic mass is 10.1. The van der Waals surface area contributed by atoms with Crippen molar-refractivity contribution < 1.29 is 19.0 Å². The van der Waals surface area contributed by atoms with Crippen molar-refractivity contribution in [3.63, 3.8) is 0 Å². The topological polar surface area (TPSA) is 64.1 Å². The minimum atomic E-state index is -0.231. The van der Waals surface area contributed by atoms with Gasteiger partial charge in [0.05, 0.1) is 42.7 Å². The molecular weight excluding hydrogens is 521 g/mol. The van der Waals surface area contributed by atoms with Crippen molar-refractivity contribution in [3.05, 3.63) is 45.9 Å². The molecule has 7 nitrogen and oxygen atoms in total. The zero-order chi connectivity index (χ0) is 23.4. The van der Waals surface area contributed by atoms with Crippen LogP contribution in [0.25, 0.3) is 10.2 Å². The monoisotopic (exact) mass is 545 g/mol. The minimum Gasteiger partial charge on any atom is -0.496 e. The second-order valence-electron chi connectivity index (χ2n) is 7.53. The number of halogens is 3. The highest BCUT2D eigenvalue weighted by Crippen LogP contribution is 2.39. The molecule has 0 unspecified atom stereocenters. The van der Waals surface area contributed by atoms with E-state index in [2.05, 4.69) is 4.90 Å². The maximum atomic E-state index is 13.7. The molecule has 1 aliphatic heterocycles. The Hall–Kier alpha value is -1.81. The largest absolute Gasteiger partial charge is 0.496 e. The fourth-order valence-corrected chi connectivity index (χ4v) is 5.23. The van der Waals surface area contributed by atoms with Crippen LogP contribution in [-0.4, -0.2) is 69.4 Å². The van der Waals surface area contributed by atoms with E-state index in [1.165, 1.54) is 18.4 Å². The van der Waals surface area contributed by atoms with Crippen LogP contribution in [0.2, 0.25) is 10.0 Å². The predicted octanol–water partition coefficient (Wildman–Crippen LogP) is 5.41. The third-order valence-corrected chi connectivity index (χ3v) is 7.27. The summed E-state index contributed by atoms with van der Waals surface area (Å²) in [6, 6.07) is 8.56. The summed E-state index contributed by atoms with van der Waals surface area (Å²) in [5.41, 5.74) is 1.02. The number of amides is 1. The number of anilines is 1. The molecule has 11 heteroatoms. The number of methoxy groups -OCH3 is 2. The maximum Gasteiger partial charge on any atom is 0.263 e. The van der Waals surface area contributed by atoms with E-state index in [-0.39, 0.29) is 18.3 Å². The summed E-state index contributed by atoms with van der Waals surface area (Å²) in [5.74, 6) is 0.836. The number of morpholine rings is 1. The summed E-state index contributed by atoms with van der Waals surface area (Å²) < 4.78 is 17.1. The first-order valence-electron chi connectivity index (χ1n) is 10.6. The van der Waals surface area contributed by atoms with Crippen molar-refractivity contribution in [1.29, 1.82) is 0 Å². The van der Waals surface area contributed by atoms with E-state index in [1.54, 1.807) is 42.3 Å². The molecule has 0 atom stereocenters. The molecule has 0 aliphatic carbocycles. The van der Waals surface area contributed by atoms with Gasteiger partial charge in [-0.05, 0) is 36.8 Å². The molecular formula is C23H26Cl3N3O4S. The quantitative estimate of drug-likeness (QED) is 0.376. The Kier molecular flexibility index (Phi) is 9.65. The van der Waals surface area contributed by atoms with Crippen molar-refractivity contribution in [3.8, 4) is 11.5 Å². The summed E-state index contributed by atoms with van der Waals surface area (Å²) in [5, 5.41) is 1.57. The number of carbonyl (C=O) groups is 1. The number of hydrogen-bond acceptors (Lipinski definition) is 7. The van der Waals surface area contributed by atoms with Crippen LogP contribution in [0.5, 0.6) is 11.5 Å². The summed E-state index contributed by atoms with van der Waals surface area (Å²) in [6.07, 6.45) is 0.773. The van der Waals surface area contributed by atoms with Gasteiger partial charge in [-0.2, -0.15) is 0 Å². The molecule has 184 valence electrons. The first-order valence-corrected chi connectivity index (χ1v) is 12.2. The molecule has 1 saturated heterocycles. The Bertz CT molecular complexity index is 1140. The Labute approximate surface area is 218 Å². The SMILES string of the molecule is COc1ccc(Cl)cc1C(=O)N(CCCN1CCOCC1)c1nc2c(OC)ccc(Cl)c2s1.Cl. The van der Waals surface area contributed by atoms with Gasteiger partial charge in [-0.25, -0.2) is 4.98 Å². The van der Waals surface area contributed by atoms with E-state index in [0.29, 0.717) is 44.3 Å². The number of ether oxygens (including phenoxy) is 3. The number of hydrogen-bond donors (Lipinski definition) is 0. The van der Waals surface area contributed by atoms with E-state index in [1.807, 2.05) is 0 Å². The van der Waals surface area contributed by atoms with E-state index in [9.17, 15) is 4.79 Å². The Morgan fingerprint density at radius 2 is 1.85 bits per heavy atom. The number of nitrogens with zero attached hydrogens (tertiary/aromatic N) is 3. The summed E-state index contributed by atoms with van der Waals surface area (Å²) in [7, 11) is 3.12.